The number of hydrogen-bond donors (Lipinski definition) is 0. The van der Waals surface area contributed by atoms with Gasteiger partial charge in [0.25, 0.3) is 5.91 Å². The fourth-order valence-corrected chi connectivity index (χ4v) is 4.42. The summed E-state index contributed by atoms with van der Waals surface area (Å²) in [6.45, 7) is 2.58. The van der Waals surface area contributed by atoms with Crippen molar-refractivity contribution in [3.63, 3.8) is 0 Å². The number of nitrogens with zero attached hydrogens (tertiary/aromatic N) is 5. The zero-order valence-corrected chi connectivity index (χ0v) is 16.7. The van der Waals surface area contributed by atoms with Crippen molar-refractivity contribution in [2.75, 3.05) is 6.54 Å². The molecule has 1 saturated heterocycles. The maximum Gasteiger partial charge on any atom is 0.273 e. The Hall–Kier alpha value is -3.26. The first-order valence-electron chi connectivity index (χ1n) is 9.49. The van der Waals surface area contributed by atoms with Crippen LogP contribution in [0.25, 0.3) is 16.3 Å². The van der Waals surface area contributed by atoms with Crippen molar-refractivity contribution in [2.45, 2.75) is 25.8 Å². The molecule has 0 N–H and O–H groups in total. The molecule has 3 aromatic heterocycles. The van der Waals surface area contributed by atoms with E-state index in [1.165, 1.54) is 11.3 Å². The number of thiazole rings is 1. The first-order valence-corrected chi connectivity index (χ1v) is 10.4. The quantitative estimate of drug-likeness (QED) is 0.507. The smallest absolute Gasteiger partial charge is 0.273 e. The van der Waals surface area contributed by atoms with Gasteiger partial charge >= 0.3 is 0 Å². The summed E-state index contributed by atoms with van der Waals surface area (Å²) < 4.78 is 7.22. The van der Waals surface area contributed by atoms with Crippen molar-refractivity contribution in [3.05, 3.63) is 71.3 Å². The van der Waals surface area contributed by atoms with Crippen LogP contribution in [-0.2, 0) is 0 Å². The molecule has 8 heteroatoms. The van der Waals surface area contributed by atoms with E-state index < -0.39 is 0 Å². The molecule has 5 rings (SSSR count). The van der Waals surface area contributed by atoms with E-state index in [-0.39, 0.29) is 11.9 Å². The van der Waals surface area contributed by atoms with Crippen LogP contribution >= 0.6 is 11.3 Å². The van der Waals surface area contributed by atoms with E-state index >= 15 is 0 Å². The SMILES string of the molecule is Cc1cc(C2CCCN2C(=O)c2csc(-c3cnn(-c4ccccc4)c3)n2)on1. The Kier molecular flexibility index (Phi) is 4.48. The first kappa shape index (κ1) is 17.8. The minimum absolute atomic E-state index is 0.0699. The highest BCUT2D eigenvalue weighted by atomic mass is 32.1. The largest absolute Gasteiger partial charge is 0.359 e. The molecule has 0 spiro atoms. The highest BCUT2D eigenvalue weighted by Gasteiger charge is 2.34. The Bertz CT molecular complexity index is 1150. The van der Waals surface area contributed by atoms with Gasteiger partial charge in [0.05, 0.1) is 23.6 Å². The molecule has 0 aliphatic carbocycles. The fourth-order valence-electron chi connectivity index (χ4n) is 3.65. The molecule has 0 radical (unpaired) electrons. The minimum Gasteiger partial charge on any atom is -0.359 e. The lowest BCUT2D eigenvalue weighted by Gasteiger charge is -2.21. The molecule has 0 bridgehead atoms. The molecule has 1 unspecified atom stereocenters. The van der Waals surface area contributed by atoms with Crippen molar-refractivity contribution in [2.24, 2.45) is 0 Å². The number of carbonyl (C=O) groups excluding carboxylic acids is 1. The van der Waals surface area contributed by atoms with E-state index in [2.05, 4.69) is 15.2 Å². The van der Waals surface area contributed by atoms with Crippen LogP contribution in [0.4, 0.5) is 0 Å². The average Bonchev–Trinajstić information content (AvgIpc) is 3.54. The number of carbonyl (C=O) groups is 1. The number of hydrogen-bond acceptors (Lipinski definition) is 6. The van der Waals surface area contributed by atoms with E-state index in [1.807, 2.05) is 59.8 Å². The lowest BCUT2D eigenvalue weighted by molar-refractivity contribution is 0.0709. The number of aromatic nitrogens is 4. The molecule has 0 saturated carbocycles. The Morgan fingerprint density at radius 1 is 1.28 bits per heavy atom. The average molecular weight is 405 g/mol. The third kappa shape index (κ3) is 3.36. The molecular weight excluding hydrogens is 386 g/mol. The van der Waals surface area contributed by atoms with Crippen molar-refractivity contribution in [1.29, 1.82) is 0 Å². The molecule has 1 amide bonds. The zero-order valence-electron chi connectivity index (χ0n) is 15.9. The summed E-state index contributed by atoms with van der Waals surface area (Å²) in [6, 6.07) is 11.7. The molecule has 1 aliphatic rings. The van der Waals surface area contributed by atoms with Crippen molar-refractivity contribution in [3.8, 4) is 16.3 Å². The summed E-state index contributed by atoms with van der Waals surface area (Å²) in [6.07, 6.45) is 5.52. The summed E-state index contributed by atoms with van der Waals surface area (Å²) in [4.78, 5) is 19.5. The van der Waals surface area contributed by atoms with E-state index in [1.54, 1.807) is 10.9 Å². The van der Waals surface area contributed by atoms with E-state index in [0.29, 0.717) is 12.2 Å². The van der Waals surface area contributed by atoms with Crippen LogP contribution < -0.4 is 0 Å². The molecule has 1 atom stereocenters. The number of rotatable bonds is 4. The topological polar surface area (TPSA) is 77.0 Å². The summed E-state index contributed by atoms with van der Waals surface area (Å²) in [7, 11) is 0. The molecule has 4 aromatic rings. The van der Waals surface area contributed by atoms with Gasteiger partial charge in [-0.3, -0.25) is 4.79 Å². The number of amides is 1. The third-order valence-corrected chi connectivity index (χ3v) is 5.95. The van der Waals surface area contributed by atoms with Crippen molar-refractivity contribution < 1.29 is 9.32 Å². The number of aryl methyl sites for hydroxylation is 1. The standard InChI is InChI=1S/C21H19N5O2S/c1-14-10-19(28-24-14)18-8-5-9-25(18)21(27)17-13-29-20(23-17)15-11-22-26(12-15)16-6-3-2-4-7-16/h2-4,6-7,10-13,18H,5,8-9H2,1H3. The molecule has 7 nitrogen and oxygen atoms in total. The van der Waals surface area contributed by atoms with Gasteiger partial charge in [-0.1, -0.05) is 23.4 Å². The highest BCUT2D eigenvalue weighted by Crippen LogP contribution is 2.34. The van der Waals surface area contributed by atoms with E-state index in [0.717, 1.165) is 40.6 Å². The second-order valence-electron chi connectivity index (χ2n) is 7.07. The van der Waals surface area contributed by atoms with Crippen LogP contribution in [0, 0.1) is 6.92 Å². The fraction of sp³-hybridized carbons (Fsp3) is 0.238. The van der Waals surface area contributed by atoms with Crippen molar-refractivity contribution >= 4 is 17.2 Å². The second-order valence-corrected chi connectivity index (χ2v) is 7.93. The predicted octanol–water partition coefficient (Wildman–Crippen LogP) is 4.27. The van der Waals surface area contributed by atoms with Gasteiger partial charge < -0.3 is 9.42 Å². The molecule has 4 heterocycles. The highest BCUT2D eigenvalue weighted by molar-refractivity contribution is 7.13. The number of para-hydroxylation sites is 1. The number of likely N-dealkylation sites (tertiary alicyclic amines) is 1. The Labute approximate surface area is 171 Å². The summed E-state index contributed by atoms with van der Waals surface area (Å²) in [5.41, 5.74) is 3.15. The summed E-state index contributed by atoms with van der Waals surface area (Å²) in [5.74, 6) is 0.674. The van der Waals surface area contributed by atoms with E-state index in [9.17, 15) is 4.79 Å². The molecule has 29 heavy (non-hydrogen) atoms. The Balaban J connectivity index is 1.37. The molecular formula is C21H19N5O2S. The van der Waals surface area contributed by atoms with Crippen LogP contribution in [0.2, 0.25) is 0 Å². The normalized spacial score (nSPS) is 16.4. The van der Waals surface area contributed by atoms with Crippen LogP contribution in [0.1, 0.15) is 40.8 Å². The van der Waals surface area contributed by atoms with Crippen LogP contribution in [0.15, 0.2) is 58.7 Å². The van der Waals surface area contributed by atoms with E-state index in [4.69, 9.17) is 4.52 Å². The minimum atomic E-state index is -0.0744. The van der Waals surface area contributed by atoms with Gasteiger partial charge in [0.1, 0.15) is 10.7 Å². The molecule has 1 fully saturated rings. The first-order chi connectivity index (χ1) is 14.2. The molecule has 1 aliphatic heterocycles. The lowest BCUT2D eigenvalue weighted by atomic mass is 10.1. The lowest BCUT2D eigenvalue weighted by Crippen LogP contribution is -2.30. The Morgan fingerprint density at radius 2 is 2.14 bits per heavy atom. The van der Waals surface area contributed by atoms with Gasteiger partial charge in [-0.2, -0.15) is 5.10 Å². The van der Waals surface area contributed by atoms with Gasteiger partial charge in [-0.05, 0) is 31.9 Å². The Morgan fingerprint density at radius 3 is 2.93 bits per heavy atom. The van der Waals surface area contributed by atoms with Crippen LogP contribution in [-0.4, -0.2) is 37.3 Å². The predicted molar refractivity (Wildman–Crippen MR) is 109 cm³/mol. The maximum absolute atomic E-state index is 13.1. The van der Waals surface area contributed by atoms with Gasteiger partial charge in [0.15, 0.2) is 5.76 Å². The zero-order chi connectivity index (χ0) is 19.8. The summed E-state index contributed by atoms with van der Waals surface area (Å²) >= 11 is 1.45. The maximum atomic E-state index is 13.1. The monoisotopic (exact) mass is 405 g/mol. The number of benzene rings is 1. The molecule has 146 valence electrons. The summed E-state index contributed by atoms with van der Waals surface area (Å²) in [5, 5.41) is 11.0. The van der Waals surface area contributed by atoms with Gasteiger partial charge in [-0.15, -0.1) is 11.3 Å². The third-order valence-electron chi connectivity index (χ3n) is 5.06. The van der Waals surface area contributed by atoms with Gasteiger partial charge in [-0.25, -0.2) is 9.67 Å². The van der Waals surface area contributed by atoms with Crippen molar-refractivity contribution in [1.82, 2.24) is 24.8 Å². The molecule has 1 aromatic carbocycles. The van der Waals surface area contributed by atoms with Crippen LogP contribution in [0.5, 0.6) is 0 Å². The second kappa shape index (κ2) is 7.29. The van der Waals surface area contributed by atoms with Gasteiger partial charge in [0.2, 0.25) is 0 Å². The van der Waals surface area contributed by atoms with Gasteiger partial charge in [0, 0.05) is 29.8 Å². The van der Waals surface area contributed by atoms with Crippen LogP contribution in [0.3, 0.4) is 0 Å².